The first kappa shape index (κ1) is 11.6. The van der Waals surface area contributed by atoms with Gasteiger partial charge in [0.1, 0.15) is 0 Å². The van der Waals surface area contributed by atoms with Crippen molar-refractivity contribution in [1.82, 2.24) is 4.98 Å². The third-order valence-corrected chi connectivity index (χ3v) is 3.30. The fraction of sp³-hybridized carbons (Fsp3) is 0.615. The van der Waals surface area contributed by atoms with Crippen molar-refractivity contribution in [1.29, 1.82) is 0 Å². The van der Waals surface area contributed by atoms with Crippen LogP contribution in [0.5, 0.6) is 0 Å². The lowest BCUT2D eigenvalue weighted by atomic mass is 9.73. The van der Waals surface area contributed by atoms with Gasteiger partial charge in [0, 0.05) is 23.3 Å². The average Bonchev–Trinajstić information content (AvgIpc) is 2.16. The molecule has 2 heterocycles. The maximum absolute atomic E-state index is 6.05. The number of pyridine rings is 1. The summed E-state index contributed by atoms with van der Waals surface area (Å²) >= 11 is 0. The molecule has 3 heteroatoms. The van der Waals surface area contributed by atoms with E-state index in [-0.39, 0.29) is 11.0 Å². The molecule has 1 saturated heterocycles. The molecule has 88 valence electrons. The first-order chi connectivity index (χ1) is 7.52. The third-order valence-electron chi connectivity index (χ3n) is 3.30. The van der Waals surface area contributed by atoms with Gasteiger partial charge in [-0.15, -0.1) is 0 Å². The maximum Gasteiger partial charge on any atom is 0.0585 e. The van der Waals surface area contributed by atoms with Gasteiger partial charge in [0.2, 0.25) is 0 Å². The lowest BCUT2D eigenvalue weighted by Gasteiger charge is -2.43. The van der Waals surface area contributed by atoms with Gasteiger partial charge in [0.25, 0.3) is 0 Å². The summed E-state index contributed by atoms with van der Waals surface area (Å²) in [6.45, 7) is 5.78. The van der Waals surface area contributed by atoms with Crippen molar-refractivity contribution in [3.63, 3.8) is 0 Å². The van der Waals surface area contributed by atoms with Crippen LogP contribution >= 0.6 is 0 Å². The molecular formula is C13H20N2O. The fourth-order valence-corrected chi connectivity index (χ4v) is 2.07. The van der Waals surface area contributed by atoms with E-state index < -0.39 is 0 Å². The molecule has 0 spiro atoms. The zero-order valence-electron chi connectivity index (χ0n) is 10.1. The molecule has 1 aromatic rings. The molecule has 0 atom stereocenters. The van der Waals surface area contributed by atoms with E-state index in [0.29, 0.717) is 0 Å². The SMILES string of the molecule is CC(C)(N)CCC1(c2ccncc2)COC1. The molecule has 0 amide bonds. The molecule has 1 fully saturated rings. The molecule has 2 rings (SSSR count). The second-order valence-electron chi connectivity index (χ2n) is 5.50. The molecule has 0 radical (unpaired) electrons. The van der Waals surface area contributed by atoms with Gasteiger partial charge in [-0.1, -0.05) is 0 Å². The molecule has 2 N–H and O–H groups in total. The predicted molar refractivity (Wildman–Crippen MR) is 64.2 cm³/mol. The van der Waals surface area contributed by atoms with Crippen LogP contribution < -0.4 is 5.73 Å². The molecule has 1 aromatic heterocycles. The normalized spacial score (nSPS) is 19.2. The lowest BCUT2D eigenvalue weighted by molar-refractivity contribution is -0.0669. The minimum absolute atomic E-state index is 0.102. The van der Waals surface area contributed by atoms with Crippen molar-refractivity contribution in [3.8, 4) is 0 Å². The third kappa shape index (κ3) is 2.42. The Balaban J connectivity index is 2.09. The topological polar surface area (TPSA) is 48.1 Å². The van der Waals surface area contributed by atoms with E-state index in [1.54, 1.807) is 0 Å². The Morgan fingerprint density at radius 1 is 1.38 bits per heavy atom. The van der Waals surface area contributed by atoms with Gasteiger partial charge < -0.3 is 10.5 Å². The summed E-state index contributed by atoms with van der Waals surface area (Å²) in [5.41, 5.74) is 7.46. The van der Waals surface area contributed by atoms with Crippen molar-refractivity contribution < 1.29 is 4.74 Å². The molecular weight excluding hydrogens is 200 g/mol. The van der Waals surface area contributed by atoms with E-state index in [2.05, 4.69) is 31.0 Å². The molecule has 0 unspecified atom stereocenters. The van der Waals surface area contributed by atoms with Gasteiger partial charge in [0.15, 0.2) is 0 Å². The molecule has 0 aromatic carbocycles. The van der Waals surface area contributed by atoms with Gasteiger partial charge in [-0.05, 0) is 44.4 Å². The average molecular weight is 220 g/mol. The van der Waals surface area contributed by atoms with Crippen LogP contribution in [0.15, 0.2) is 24.5 Å². The van der Waals surface area contributed by atoms with Crippen LogP contribution in [-0.4, -0.2) is 23.7 Å². The van der Waals surface area contributed by atoms with Crippen LogP contribution in [0.25, 0.3) is 0 Å². The number of aromatic nitrogens is 1. The summed E-state index contributed by atoms with van der Waals surface area (Å²) in [5.74, 6) is 0. The fourth-order valence-electron chi connectivity index (χ4n) is 2.07. The Morgan fingerprint density at radius 3 is 2.44 bits per heavy atom. The Labute approximate surface area is 97.0 Å². The van der Waals surface area contributed by atoms with E-state index in [4.69, 9.17) is 10.5 Å². The Bertz CT molecular complexity index is 339. The van der Waals surface area contributed by atoms with Gasteiger partial charge in [-0.2, -0.15) is 0 Å². The summed E-state index contributed by atoms with van der Waals surface area (Å²) < 4.78 is 5.40. The smallest absolute Gasteiger partial charge is 0.0585 e. The van der Waals surface area contributed by atoms with E-state index in [0.717, 1.165) is 26.1 Å². The zero-order valence-corrected chi connectivity index (χ0v) is 10.1. The van der Waals surface area contributed by atoms with Crippen molar-refractivity contribution in [2.75, 3.05) is 13.2 Å². The number of ether oxygens (including phenoxy) is 1. The molecule has 1 aliphatic rings. The summed E-state index contributed by atoms with van der Waals surface area (Å²) in [4.78, 5) is 4.06. The van der Waals surface area contributed by atoms with Crippen LogP contribution in [0, 0.1) is 0 Å². The van der Waals surface area contributed by atoms with Crippen LogP contribution in [0.1, 0.15) is 32.3 Å². The van der Waals surface area contributed by atoms with E-state index >= 15 is 0 Å². The highest BCUT2D eigenvalue weighted by atomic mass is 16.5. The minimum Gasteiger partial charge on any atom is -0.379 e. The maximum atomic E-state index is 6.05. The van der Waals surface area contributed by atoms with Gasteiger partial charge >= 0.3 is 0 Å². The highest BCUT2D eigenvalue weighted by molar-refractivity contribution is 5.25. The Hall–Kier alpha value is -0.930. The minimum atomic E-state index is -0.102. The summed E-state index contributed by atoms with van der Waals surface area (Å²) in [7, 11) is 0. The van der Waals surface area contributed by atoms with E-state index in [9.17, 15) is 0 Å². The van der Waals surface area contributed by atoms with Crippen molar-refractivity contribution in [2.24, 2.45) is 5.73 Å². The summed E-state index contributed by atoms with van der Waals surface area (Å²) in [6, 6.07) is 4.18. The molecule has 0 aliphatic carbocycles. The number of hydrogen-bond donors (Lipinski definition) is 1. The second-order valence-corrected chi connectivity index (χ2v) is 5.50. The molecule has 3 nitrogen and oxygen atoms in total. The first-order valence-electron chi connectivity index (χ1n) is 5.79. The number of nitrogens with zero attached hydrogens (tertiary/aromatic N) is 1. The molecule has 0 bridgehead atoms. The zero-order chi connectivity index (χ0) is 11.6. The number of rotatable bonds is 4. The Morgan fingerprint density at radius 2 is 2.00 bits per heavy atom. The van der Waals surface area contributed by atoms with Gasteiger partial charge in [0.05, 0.1) is 13.2 Å². The van der Waals surface area contributed by atoms with Gasteiger partial charge in [-0.3, -0.25) is 4.98 Å². The van der Waals surface area contributed by atoms with Crippen molar-refractivity contribution in [2.45, 2.75) is 37.6 Å². The monoisotopic (exact) mass is 220 g/mol. The van der Waals surface area contributed by atoms with Crippen LogP contribution in [0.3, 0.4) is 0 Å². The largest absolute Gasteiger partial charge is 0.379 e. The lowest BCUT2D eigenvalue weighted by Crippen LogP contribution is -2.48. The quantitative estimate of drug-likeness (QED) is 0.842. The molecule has 16 heavy (non-hydrogen) atoms. The first-order valence-corrected chi connectivity index (χ1v) is 5.79. The standard InChI is InChI=1S/C13H20N2O/c1-12(2,14)5-6-13(9-16-10-13)11-3-7-15-8-4-11/h3-4,7-8H,5-6,9-10,14H2,1-2H3. The van der Waals surface area contributed by atoms with Crippen LogP contribution in [0.4, 0.5) is 0 Å². The van der Waals surface area contributed by atoms with Crippen LogP contribution in [-0.2, 0) is 10.2 Å². The van der Waals surface area contributed by atoms with Crippen molar-refractivity contribution in [3.05, 3.63) is 30.1 Å². The Kier molecular flexibility index (Phi) is 3.00. The van der Waals surface area contributed by atoms with Gasteiger partial charge in [-0.25, -0.2) is 0 Å². The summed E-state index contributed by atoms with van der Waals surface area (Å²) in [5, 5.41) is 0. The predicted octanol–water partition coefficient (Wildman–Crippen LogP) is 1.87. The highest BCUT2D eigenvalue weighted by Crippen LogP contribution is 2.37. The van der Waals surface area contributed by atoms with Crippen molar-refractivity contribution >= 4 is 0 Å². The highest BCUT2D eigenvalue weighted by Gasteiger charge is 2.40. The molecule has 0 saturated carbocycles. The molecule has 1 aliphatic heterocycles. The van der Waals surface area contributed by atoms with E-state index in [1.807, 2.05) is 12.4 Å². The van der Waals surface area contributed by atoms with Crippen LogP contribution in [0.2, 0.25) is 0 Å². The van der Waals surface area contributed by atoms with E-state index in [1.165, 1.54) is 5.56 Å². The number of nitrogens with two attached hydrogens (primary N) is 1. The number of hydrogen-bond acceptors (Lipinski definition) is 3. The second kappa shape index (κ2) is 4.15. The summed E-state index contributed by atoms with van der Waals surface area (Å²) in [6.07, 6.45) is 5.80.